The van der Waals surface area contributed by atoms with E-state index in [0.29, 0.717) is 0 Å². The van der Waals surface area contributed by atoms with E-state index in [1.54, 1.807) is 0 Å². The highest BCUT2D eigenvalue weighted by atomic mass is 14.9. The van der Waals surface area contributed by atoms with Crippen molar-refractivity contribution >= 4 is 27.5 Å². The molecule has 0 atom stereocenters. The van der Waals surface area contributed by atoms with Crippen molar-refractivity contribution in [3.63, 3.8) is 0 Å². The third kappa shape index (κ3) is 4.26. The fourth-order valence-electron chi connectivity index (χ4n) is 3.45. The summed E-state index contributed by atoms with van der Waals surface area (Å²) in [6.07, 6.45) is 2.29. The van der Waals surface area contributed by atoms with Gasteiger partial charge in [-0.3, -0.25) is 0 Å². The van der Waals surface area contributed by atoms with Crippen LogP contribution >= 0.6 is 0 Å². The van der Waals surface area contributed by atoms with E-state index < -0.39 is 0 Å². The molecule has 0 aliphatic carbocycles. The molecule has 0 amide bonds. The molecule has 4 rings (SSSR count). The van der Waals surface area contributed by atoms with Crippen molar-refractivity contribution in [3.05, 3.63) is 84.4 Å². The zero-order chi connectivity index (χ0) is 18.3. The van der Waals surface area contributed by atoms with E-state index in [2.05, 4.69) is 77.4 Å². The first-order valence-electron chi connectivity index (χ1n) is 9.68. The van der Waals surface area contributed by atoms with Crippen LogP contribution in [0.25, 0.3) is 21.8 Å². The molecule has 0 spiro atoms. The van der Waals surface area contributed by atoms with Gasteiger partial charge in [-0.25, -0.2) is 4.98 Å². The lowest BCUT2D eigenvalue weighted by Crippen LogP contribution is -2.15. The van der Waals surface area contributed by atoms with Gasteiger partial charge in [0.15, 0.2) is 0 Å². The normalized spacial score (nSPS) is 11.1. The molecule has 0 fully saturated rings. The molecule has 0 aliphatic heterocycles. The molecule has 0 saturated heterocycles. The van der Waals surface area contributed by atoms with Crippen LogP contribution in [-0.4, -0.2) is 18.1 Å². The van der Waals surface area contributed by atoms with E-state index in [1.807, 2.05) is 12.1 Å². The van der Waals surface area contributed by atoms with E-state index in [-0.39, 0.29) is 0 Å². The Hall–Kier alpha value is -2.91. The van der Waals surface area contributed by atoms with Crippen molar-refractivity contribution in [2.75, 3.05) is 18.4 Å². The highest BCUT2D eigenvalue weighted by Crippen LogP contribution is 2.30. The minimum atomic E-state index is 0.938. The van der Waals surface area contributed by atoms with Crippen LogP contribution in [0.3, 0.4) is 0 Å². The Bertz CT molecular complexity index is 958. The van der Waals surface area contributed by atoms with Crippen molar-refractivity contribution in [2.24, 2.45) is 0 Å². The number of hydrogen-bond donors (Lipinski definition) is 2. The summed E-state index contributed by atoms with van der Waals surface area (Å²) in [7, 11) is 0. The molecule has 0 saturated carbocycles. The Morgan fingerprint density at radius 3 is 1.93 bits per heavy atom. The van der Waals surface area contributed by atoms with Crippen molar-refractivity contribution in [1.29, 1.82) is 0 Å². The molecule has 0 aliphatic rings. The van der Waals surface area contributed by atoms with Crippen LogP contribution in [-0.2, 0) is 6.54 Å². The van der Waals surface area contributed by atoms with Gasteiger partial charge >= 0.3 is 0 Å². The molecular formula is C24H25N3. The summed E-state index contributed by atoms with van der Waals surface area (Å²) < 4.78 is 0. The Morgan fingerprint density at radius 1 is 0.630 bits per heavy atom. The van der Waals surface area contributed by atoms with E-state index in [9.17, 15) is 0 Å². The van der Waals surface area contributed by atoms with E-state index in [1.165, 1.54) is 22.0 Å². The predicted molar refractivity (Wildman–Crippen MR) is 115 cm³/mol. The molecule has 4 aromatic rings. The Kier molecular flexibility index (Phi) is 5.61. The number of unbranched alkanes of at least 4 members (excludes halogenated alkanes) is 1. The lowest BCUT2D eigenvalue weighted by molar-refractivity contribution is 0.633. The van der Waals surface area contributed by atoms with E-state index >= 15 is 0 Å². The maximum atomic E-state index is 4.79. The fraction of sp³-hybridized carbons (Fsp3) is 0.208. The Labute approximate surface area is 160 Å². The van der Waals surface area contributed by atoms with Crippen molar-refractivity contribution in [3.8, 4) is 0 Å². The second kappa shape index (κ2) is 8.65. The van der Waals surface area contributed by atoms with Crippen molar-refractivity contribution < 1.29 is 0 Å². The van der Waals surface area contributed by atoms with Crippen LogP contribution in [0.2, 0.25) is 0 Å². The van der Waals surface area contributed by atoms with Gasteiger partial charge in [-0.2, -0.15) is 0 Å². The molecule has 3 aromatic carbocycles. The summed E-state index contributed by atoms with van der Waals surface area (Å²) >= 11 is 0. The molecule has 27 heavy (non-hydrogen) atoms. The van der Waals surface area contributed by atoms with Crippen LogP contribution in [0.1, 0.15) is 18.4 Å². The molecule has 1 heterocycles. The minimum absolute atomic E-state index is 0.938. The van der Waals surface area contributed by atoms with Gasteiger partial charge in [0.05, 0.1) is 16.7 Å². The van der Waals surface area contributed by atoms with Gasteiger partial charge < -0.3 is 10.6 Å². The number of hydrogen-bond acceptors (Lipinski definition) is 3. The summed E-state index contributed by atoms with van der Waals surface area (Å²) in [5, 5.41) is 9.58. The molecule has 0 radical (unpaired) electrons. The number of para-hydroxylation sites is 2. The number of fused-ring (bicyclic) bond motifs is 2. The lowest BCUT2D eigenvalue weighted by atomic mass is 10.1. The molecule has 136 valence electrons. The standard InChI is InChI=1S/C24H25N3/c1-2-10-19(11-3-1)18-25-16-8-9-17-26-24-20-12-4-6-14-22(20)27-23-15-7-5-13-21(23)24/h1-7,10-15,25H,8-9,16-18H2,(H,26,27). The third-order valence-electron chi connectivity index (χ3n) is 4.84. The van der Waals surface area contributed by atoms with E-state index in [0.717, 1.165) is 43.5 Å². The topological polar surface area (TPSA) is 37.0 Å². The summed E-state index contributed by atoms with van der Waals surface area (Å²) in [4.78, 5) is 4.79. The van der Waals surface area contributed by atoms with Crippen LogP contribution in [0.4, 0.5) is 5.69 Å². The highest BCUT2D eigenvalue weighted by molar-refractivity contribution is 6.07. The molecule has 3 heteroatoms. The number of aromatic nitrogens is 1. The van der Waals surface area contributed by atoms with Crippen molar-refractivity contribution in [1.82, 2.24) is 10.3 Å². The number of pyridine rings is 1. The third-order valence-corrected chi connectivity index (χ3v) is 4.84. The fourth-order valence-corrected chi connectivity index (χ4v) is 3.45. The first kappa shape index (κ1) is 17.5. The maximum absolute atomic E-state index is 4.79. The van der Waals surface area contributed by atoms with Gasteiger partial charge in [0.2, 0.25) is 0 Å². The zero-order valence-corrected chi connectivity index (χ0v) is 15.5. The summed E-state index contributed by atoms with van der Waals surface area (Å²) in [5.41, 5.74) is 4.63. The SMILES string of the molecule is c1ccc(CNCCCCNc2c3ccccc3nc3ccccc23)cc1. The van der Waals surface area contributed by atoms with Gasteiger partial charge in [-0.15, -0.1) is 0 Å². The molecule has 2 N–H and O–H groups in total. The number of benzene rings is 3. The molecule has 0 bridgehead atoms. The van der Waals surface area contributed by atoms with E-state index in [4.69, 9.17) is 4.98 Å². The summed E-state index contributed by atoms with van der Waals surface area (Å²) in [6, 6.07) is 27.3. The first-order chi connectivity index (χ1) is 13.4. The van der Waals surface area contributed by atoms with Crippen LogP contribution < -0.4 is 10.6 Å². The number of anilines is 1. The maximum Gasteiger partial charge on any atom is 0.0730 e. The van der Waals surface area contributed by atoms with Gasteiger partial charge in [0, 0.05) is 23.9 Å². The quantitative estimate of drug-likeness (QED) is 0.329. The average Bonchev–Trinajstić information content (AvgIpc) is 2.73. The average molecular weight is 355 g/mol. The lowest BCUT2D eigenvalue weighted by Gasteiger charge is -2.13. The second-order valence-electron chi connectivity index (χ2n) is 6.82. The number of nitrogens with one attached hydrogen (secondary N) is 2. The minimum Gasteiger partial charge on any atom is -0.384 e. The Balaban J connectivity index is 1.34. The number of rotatable bonds is 8. The predicted octanol–water partition coefficient (Wildman–Crippen LogP) is 5.37. The van der Waals surface area contributed by atoms with Gasteiger partial charge in [-0.1, -0.05) is 66.7 Å². The zero-order valence-electron chi connectivity index (χ0n) is 15.5. The van der Waals surface area contributed by atoms with Crippen LogP contribution in [0.15, 0.2) is 78.9 Å². The number of nitrogens with zero attached hydrogens (tertiary/aromatic N) is 1. The van der Waals surface area contributed by atoms with Gasteiger partial charge in [0.1, 0.15) is 0 Å². The molecule has 0 unspecified atom stereocenters. The summed E-state index contributed by atoms with van der Waals surface area (Å²) in [6.45, 7) is 2.94. The summed E-state index contributed by atoms with van der Waals surface area (Å²) in [5.74, 6) is 0. The molecular weight excluding hydrogens is 330 g/mol. The van der Waals surface area contributed by atoms with Crippen LogP contribution in [0.5, 0.6) is 0 Å². The van der Waals surface area contributed by atoms with Gasteiger partial charge in [0.25, 0.3) is 0 Å². The van der Waals surface area contributed by atoms with Crippen LogP contribution in [0, 0.1) is 0 Å². The smallest absolute Gasteiger partial charge is 0.0730 e. The Morgan fingerprint density at radius 2 is 1.22 bits per heavy atom. The largest absolute Gasteiger partial charge is 0.384 e. The highest BCUT2D eigenvalue weighted by Gasteiger charge is 2.07. The molecule has 3 nitrogen and oxygen atoms in total. The van der Waals surface area contributed by atoms with Crippen molar-refractivity contribution in [2.45, 2.75) is 19.4 Å². The monoisotopic (exact) mass is 355 g/mol. The second-order valence-corrected chi connectivity index (χ2v) is 6.82. The van der Waals surface area contributed by atoms with Gasteiger partial charge in [-0.05, 0) is 37.1 Å². The first-order valence-corrected chi connectivity index (χ1v) is 9.68. The molecule has 1 aromatic heterocycles.